The fourth-order valence-electron chi connectivity index (χ4n) is 2.09. The van der Waals surface area contributed by atoms with Gasteiger partial charge in [0.25, 0.3) is 0 Å². The Balaban J connectivity index is 1.91. The fraction of sp³-hybridized carbons (Fsp3) is 0.0526. The summed E-state index contributed by atoms with van der Waals surface area (Å²) in [5.41, 5.74) is 0. The van der Waals surface area contributed by atoms with Gasteiger partial charge in [0.2, 0.25) is 0 Å². The van der Waals surface area contributed by atoms with Crippen molar-refractivity contribution in [2.45, 2.75) is 6.16 Å². The summed E-state index contributed by atoms with van der Waals surface area (Å²) < 4.78 is 23.4. The predicted molar refractivity (Wildman–Crippen MR) is 95.0 cm³/mol. The second kappa shape index (κ2) is 7.67. The molecule has 3 aromatic carbocycles. The predicted octanol–water partition coefficient (Wildman–Crippen LogP) is 3.13. The van der Waals surface area contributed by atoms with Crippen molar-refractivity contribution in [2.24, 2.45) is 0 Å². The Morgan fingerprint density at radius 1 is 0.500 bits per heavy atom. The topological polar surface area (TPSA) is 36.9 Å². The molecule has 0 fully saturated rings. The molecule has 5 heteroatoms. The largest absolute Gasteiger partial charge is 0.549 e. The van der Waals surface area contributed by atoms with E-state index in [1.807, 2.05) is 91.0 Å². The van der Waals surface area contributed by atoms with Crippen LogP contribution < -0.4 is 14.2 Å². The highest BCUT2D eigenvalue weighted by Crippen LogP contribution is 2.26. The molecule has 0 aromatic heterocycles. The molecule has 0 heterocycles. The number of hydrogen-bond donors (Lipinski definition) is 0. The minimum atomic E-state index is -1.68. The Hall–Kier alpha value is -2.76. The summed E-state index contributed by atoms with van der Waals surface area (Å²) in [5.74, 6) is 1.75. The van der Waals surface area contributed by atoms with Crippen molar-refractivity contribution in [1.82, 2.24) is 0 Å². The first-order valence-electron chi connectivity index (χ1n) is 7.57. The molecule has 4 nitrogen and oxygen atoms in total. The van der Waals surface area contributed by atoms with Crippen LogP contribution in [0.4, 0.5) is 0 Å². The highest BCUT2D eigenvalue weighted by molar-refractivity contribution is 5.98. The van der Waals surface area contributed by atoms with Crippen molar-refractivity contribution in [3.05, 3.63) is 91.0 Å². The number of benzene rings is 3. The summed E-state index contributed by atoms with van der Waals surface area (Å²) in [6.07, 6.45) is -1.68. The smallest absolute Gasteiger partial charge is 0.397 e. The zero-order chi connectivity index (χ0) is 16.7. The van der Waals surface area contributed by atoms with Crippen LogP contribution >= 0.6 is 0 Å². The molecule has 0 aliphatic rings. The van der Waals surface area contributed by atoms with E-state index in [1.165, 1.54) is 0 Å². The average Bonchev–Trinajstić information content (AvgIpc) is 2.64. The van der Waals surface area contributed by atoms with Crippen LogP contribution in [0.15, 0.2) is 91.0 Å². The summed E-state index contributed by atoms with van der Waals surface area (Å²) in [6.45, 7) is 0. The van der Waals surface area contributed by atoms with Gasteiger partial charge in [-0.25, -0.2) is 0 Å². The average molecular weight is 338 g/mol. The van der Waals surface area contributed by atoms with Gasteiger partial charge >= 0.3 is 6.16 Å². The van der Waals surface area contributed by atoms with Gasteiger partial charge in [-0.15, -0.1) is 0 Å². The summed E-state index contributed by atoms with van der Waals surface area (Å²) >= 11 is 0. The molecule has 3 aromatic rings. The van der Waals surface area contributed by atoms with E-state index >= 15 is 0 Å². The standard InChI is InChI=1S/C19H18O4Si/c24-23-19(20-16-10-4-1-5-11-16,21-17-12-6-2-7-13-17)22-18-14-8-3-9-15-18/h1-15H,24H3. The fourth-order valence-corrected chi connectivity index (χ4v) is 2.34. The minimum Gasteiger partial charge on any atom is -0.397 e. The molecule has 0 N–H and O–H groups in total. The van der Waals surface area contributed by atoms with Gasteiger partial charge in [-0.2, -0.15) is 0 Å². The summed E-state index contributed by atoms with van der Waals surface area (Å²) in [4.78, 5) is 0. The maximum Gasteiger partial charge on any atom is 0.549 e. The van der Waals surface area contributed by atoms with E-state index < -0.39 is 6.16 Å². The molecule has 122 valence electrons. The molecule has 0 saturated carbocycles. The molecule has 0 spiro atoms. The third-order valence-electron chi connectivity index (χ3n) is 3.21. The second-order valence-corrected chi connectivity index (χ2v) is 5.36. The number of ether oxygens (including phenoxy) is 3. The van der Waals surface area contributed by atoms with Crippen molar-refractivity contribution in [3.63, 3.8) is 0 Å². The highest BCUT2D eigenvalue weighted by Gasteiger charge is 2.39. The molecular formula is C19H18O4Si. The van der Waals surface area contributed by atoms with E-state index in [0.717, 1.165) is 0 Å². The number of hydrogen-bond acceptors (Lipinski definition) is 4. The first-order chi connectivity index (χ1) is 11.8. The Labute approximate surface area is 144 Å². The Morgan fingerprint density at radius 3 is 1.04 bits per heavy atom. The van der Waals surface area contributed by atoms with Crippen molar-refractivity contribution in [3.8, 4) is 17.2 Å². The molecule has 0 amide bonds. The summed E-state index contributed by atoms with van der Waals surface area (Å²) in [5, 5.41) is 0. The SMILES string of the molecule is [SiH3]OC(Oc1ccccc1)(Oc1ccccc1)Oc1ccccc1. The van der Waals surface area contributed by atoms with E-state index in [1.54, 1.807) is 0 Å². The van der Waals surface area contributed by atoms with Gasteiger partial charge < -0.3 is 18.6 Å². The third kappa shape index (κ3) is 4.16. The normalized spacial score (nSPS) is 11.0. The molecule has 0 radical (unpaired) electrons. The van der Waals surface area contributed by atoms with Crippen LogP contribution in [0.1, 0.15) is 0 Å². The Bertz CT molecular complexity index is 634. The van der Waals surface area contributed by atoms with Gasteiger partial charge in [-0.05, 0) is 36.4 Å². The van der Waals surface area contributed by atoms with Gasteiger partial charge in [0.15, 0.2) is 10.5 Å². The number of para-hydroxylation sites is 3. The van der Waals surface area contributed by atoms with Crippen LogP contribution in [0.2, 0.25) is 0 Å². The lowest BCUT2D eigenvalue weighted by atomic mass is 10.3. The van der Waals surface area contributed by atoms with Crippen LogP contribution in [-0.4, -0.2) is 16.6 Å². The highest BCUT2D eigenvalue weighted by atomic mass is 28.2. The van der Waals surface area contributed by atoms with Gasteiger partial charge in [0.1, 0.15) is 17.2 Å². The summed E-state index contributed by atoms with van der Waals surface area (Å²) in [6, 6.07) is 27.9. The molecular weight excluding hydrogens is 320 g/mol. The van der Waals surface area contributed by atoms with Crippen molar-refractivity contribution < 1.29 is 18.6 Å². The van der Waals surface area contributed by atoms with Gasteiger partial charge in [-0.1, -0.05) is 54.6 Å². The Kier molecular flexibility index (Phi) is 5.15. The van der Waals surface area contributed by atoms with Crippen molar-refractivity contribution >= 4 is 10.5 Å². The molecule has 24 heavy (non-hydrogen) atoms. The molecule has 0 saturated heterocycles. The molecule has 3 rings (SSSR count). The first-order valence-corrected chi connectivity index (χ1v) is 8.39. The molecule has 0 aliphatic heterocycles. The zero-order valence-corrected chi connectivity index (χ0v) is 15.3. The zero-order valence-electron chi connectivity index (χ0n) is 13.3. The van der Waals surface area contributed by atoms with E-state index in [0.29, 0.717) is 27.7 Å². The van der Waals surface area contributed by atoms with Crippen molar-refractivity contribution in [2.75, 3.05) is 0 Å². The quantitative estimate of drug-likeness (QED) is 0.490. The number of rotatable bonds is 7. The Morgan fingerprint density at radius 2 is 0.792 bits per heavy atom. The molecule has 0 atom stereocenters. The van der Waals surface area contributed by atoms with Gasteiger partial charge in [-0.3, -0.25) is 0 Å². The maximum absolute atomic E-state index is 5.93. The monoisotopic (exact) mass is 338 g/mol. The third-order valence-corrected chi connectivity index (χ3v) is 3.71. The van der Waals surface area contributed by atoms with Crippen LogP contribution in [0.25, 0.3) is 0 Å². The lowest BCUT2D eigenvalue weighted by Gasteiger charge is -2.31. The summed E-state index contributed by atoms with van der Waals surface area (Å²) in [7, 11) is 0.353. The van der Waals surface area contributed by atoms with E-state index in [2.05, 4.69) is 0 Å². The lowest BCUT2D eigenvalue weighted by Crippen LogP contribution is -2.50. The van der Waals surface area contributed by atoms with E-state index in [4.69, 9.17) is 18.6 Å². The lowest BCUT2D eigenvalue weighted by molar-refractivity contribution is -0.367. The molecule has 0 unspecified atom stereocenters. The van der Waals surface area contributed by atoms with Gasteiger partial charge in [0.05, 0.1) is 0 Å². The minimum absolute atomic E-state index is 0.353. The van der Waals surface area contributed by atoms with Gasteiger partial charge in [0, 0.05) is 0 Å². The first kappa shape index (κ1) is 16.1. The maximum atomic E-state index is 5.93. The van der Waals surface area contributed by atoms with Crippen LogP contribution in [0.5, 0.6) is 17.2 Å². The van der Waals surface area contributed by atoms with Crippen molar-refractivity contribution in [1.29, 1.82) is 0 Å². The van der Waals surface area contributed by atoms with Crippen LogP contribution in [0, 0.1) is 0 Å². The second-order valence-electron chi connectivity index (χ2n) is 4.95. The van der Waals surface area contributed by atoms with Crippen LogP contribution in [0.3, 0.4) is 0 Å². The van der Waals surface area contributed by atoms with E-state index in [9.17, 15) is 0 Å². The van der Waals surface area contributed by atoms with E-state index in [-0.39, 0.29) is 0 Å². The molecule has 0 aliphatic carbocycles. The molecule has 0 bridgehead atoms. The van der Waals surface area contributed by atoms with Crippen LogP contribution in [-0.2, 0) is 4.43 Å².